The molecule has 2 amide bonds. The first-order valence-electron chi connectivity index (χ1n) is 7.69. The number of imide groups is 1. The van der Waals surface area contributed by atoms with Crippen molar-refractivity contribution in [1.29, 1.82) is 0 Å². The fourth-order valence-electron chi connectivity index (χ4n) is 2.55. The number of hydrogen-bond acceptors (Lipinski definition) is 7. The van der Waals surface area contributed by atoms with E-state index in [0.717, 1.165) is 29.1 Å². The maximum atomic E-state index is 12.1. The predicted molar refractivity (Wildman–Crippen MR) is 85.3 cm³/mol. The summed E-state index contributed by atoms with van der Waals surface area (Å²) < 4.78 is 6.86. The van der Waals surface area contributed by atoms with E-state index in [-0.39, 0.29) is 18.3 Å². The van der Waals surface area contributed by atoms with Gasteiger partial charge < -0.3 is 4.74 Å². The highest BCUT2D eigenvalue weighted by molar-refractivity contribution is 7.99. The highest BCUT2D eigenvalue weighted by Gasteiger charge is 2.32. The van der Waals surface area contributed by atoms with Crippen molar-refractivity contribution in [2.75, 3.05) is 18.9 Å². The zero-order chi connectivity index (χ0) is 16.5. The van der Waals surface area contributed by atoms with E-state index in [4.69, 9.17) is 4.74 Å². The normalized spacial score (nSPS) is 17.2. The van der Waals surface area contributed by atoms with Crippen LogP contribution in [0.1, 0.15) is 18.9 Å². The average molecular weight is 345 g/mol. The van der Waals surface area contributed by atoms with Gasteiger partial charge in [-0.15, -0.1) is 10.2 Å². The van der Waals surface area contributed by atoms with E-state index in [9.17, 15) is 9.59 Å². The van der Waals surface area contributed by atoms with Crippen LogP contribution in [-0.4, -0.2) is 55.6 Å². The van der Waals surface area contributed by atoms with Crippen LogP contribution in [0, 0.1) is 0 Å². The van der Waals surface area contributed by atoms with Crippen LogP contribution in [0.3, 0.4) is 0 Å². The van der Waals surface area contributed by atoms with Gasteiger partial charge in [0.1, 0.15) is 6.61 Å². The summed E-state index contributed by atoms with van der Waals surface area (Å²) in [6.07, 6.45) is 5.05. The standard InChI is InChI=1S/C15H15N5O3S/c21-12(19-6-7-23-15(19)22)9-24-14-18-17-13(20(14)11-3-4-11)10-2-1-5-16-8-10/h1-2,5,8,11H,3-4,6-7,9H2. The van der Waals surface area contributed by atoms with E-state index in [2.05, 4.69) is 19.7 Å². The van der Waals surface area contributed by atoms with Crippen molar-refractivity contribution in [1.82, 2.24) is 24.6 Å². The molecular weight excluding hydrogens is 330 g/mol. The van der Waals surface area contributed by atoms with E-state index in [1.165, 1.54) is 11.8 Å². The molecule has 1 saturated heterocycles. The molecule has 24 heavy (non-hydrogen) atoms. The van der Waals surface area contributed by atoms with E-state index >= 15 is 0 Å². The molecule has 0 radical (unpaired) electrons. The number of amides is 2. The molecule has 0 aromatic carbocycles. The zero-order valence-corrected chi connectivity index (χ0v) is 13.6. The van der Waals surface area contributed by atoms with Crippen molar-refractivity contribution in [3.8, 4) is 11.4 Å². The minimum absolute atomic E-state index is 0.132. The van der Waals surface area contributed by atoms with Gasteiger partial charge in [-0.25, -0.2) is 9.69 Å². The lowest BCUT2D eigenvalue weighted by atomic mass is 10.3. The van der Waals surface area contributed by atoms with Gasteiger partial charge in [0, 0.05) is 24.0 Å². The second-order valence-electron chi connectivity index (χ2n) is 5.60. The topological polar surface area (TPSA) is 90.2 Å². The Kier molecular flexibility index (Phi) is 3.93. The monoisotopic (exact) mass is 345 g/mol. The third-order valence-electron chi connectivity index (χ3n) is 3.88. The Balaban J connectivity index is 1.52. The molecule has 9 heteroatoms. The van der Waals surface area contributed by atoms with Gasteiger partial charge in [-0.3, -0.25) is 14.3 Å². The first-order chi connectivity index (χ1) is 11.7. The Morgan fingerprint density at radius 3 is 2.92 bits per heavy atom. The molecule has 0 unspecified atom stereocenters. The Bertz CT molecular complexity index is 775. The number of ether oxygens (including phenoxy) is 1. The van der Waals surface area contributed by atoms with Crippen LogP contribution in [0.25, 0.3) is 11.4 Å². The first-order valence-corrected chi connectivity index (χ1v) is 8.68. The van der Waals surface area contributed by atoms with Gasteiger partial charge in [0.2, 0.25) is 5.91 Å². The zero-order valence-electron chi connectivity index (χ0n) is 12.8. The van der Waals surface area contributed by atoms with E-state index in [1.807, 2.05) is 12.1 Å². The van der Waals surface area contributed by atoms with Crippen molar-refractivity contribution in [3.63, 3.8) is 0 Å². The van der Waals surface area contributed by atoms with Crippen LogP contribution in [0.4, 0.5) is 4.79 Å². The Labute approximate surface area is 142 Å². The smallest absolute Gasteiger partial charge is 0.416 e. The molecule has 1 aliphatic heterocycles. The summed E-state index contributed by atoms with van der Waals surface area (Å²) in [5.74, 6) is 0.629. The second-order valence-corrected chi connectivity index (χ2v) is 6.54. The van der Waals surface area contributed by atoms with Crippen LogP contribution in [-0.2, 0) is 9.53 Å². The number of hydrogen-bond donors (Lipinski definition) is 0. The number of cyclic esters (lactones) is 1. The van der Waals surface area contributed by atoms with Crippen molar-refractivity contribution >= 4 is 23.8 Å². The lowest BCUT2D eigenvalue weighted by molar-refractivity contribution is -0.125. The second kappa shape index (κ2) is 6.23. The van der Waals surface area contributed by atoms with Crippen LogP contribution in [0.5, 0.6) is 0 Å². The summed E-state index contributed by atoms with van der Waals surface area (Å²) >= 11 is 1.30. The van der Waals surface area contributed by atoms with Gasteiger partial charge in [-0.1, -0.05) is 11.8 Å². The van der Waals surface area contributed by atoms with Crippen molar-refractivity contribution < 1.29 is 14.3 Å². The third kappa shape index (κ3) is 2.86. The Morgan fingerprint density at radius 2 is 2.25 bits per heavy atom. The summed E-state index contributed by atoms with van der Waals surface area (Å²) in [6.45, 7) is 0.577. The fourth-order valence-corrected chi connectivity index (χ4v) is 3.43. The van der Waals surface area contributed by atoms with Crippen molar-refractivity contribution in [2.24, 2.45) is 0 Å². The van der Waals surface area contributed by atoms with Crippen molar-refractivity contribution in [3.05, 3.63) is 24.5 Å². The molecule has 0 atom stereocenters. The number of rotatable bonds is 5. The molecule has 1 saturated carbocycles. The fraction of sp³-hybridized carbons (Fsp3) is 0.400. The van der Waals surface area contributed by atoms with Gasteiger partial charge in [-0.05, 0) is 25.0 Å². The molecule has 0 bridgehead atoms. The third-order valence-corrected chi connectivity index (χ3v) is 4.81. The molecule has 8 nitrogen and oxygen atoms in total. The van der Waals surface area contributed by atoms with Gasteiger partial charge in [0.25, 0.3) is 0 Å². The predicted octanol–water partition coefficient (Wildman–Crippen LogP) is 1.75. The molecule has 0 spiro atoms. The highest BCUT2D eigenvalue weighted by Crippen LogP contribution is 2.40. The van der Waals surface area contributed by atoms with Gasteiger partial charge in [0.05, 0.1) is 12.3 Å². The van der Waals surface area contributed by atoms with Crippen LogP contribution < -0.4 is 0 Å². The summed E-state index contributed by atoms with van der Waals surface area (Å²) in [5.41, 5.74) is 0.901. The van der Waals surface area contributed by atoms with Crippen LogP contribution in [0.15, 0.2) is 29.7 Å². The van der Waals surface area contributed by atoms with Gasteiger partial charge in [0.15, 0.2) is 11.0 Å². The largest absolute Gasteiger partial charge is 0.447 e. The molecule has 124 valence electrons. The Hall–Kier alpha value is -2.42. The summed E-state index contributed by atoms with van der Waals surface area (Å²) in [7, 11) is 0. The minimum atomic E-state index is -0.569. The number of pyridine rings is 1. The van der Waals surface area contributed by atoms with E-state index < -0.39 is 6.09 Å². The van der Waals surface area contributed by atoms with Gasteiger partial charge in [-0.2, -0.15) is 0 Å². The summed E-state index contributed by atoms with van der Waals surface area (Å²) in [5, 5.41) is 9.20. The number of carbonyl (C=O) groups excluding carboxylic acids is 2. The Morgan fingerprint density at radius 1 is 1.38 bits per heavy atom. The quantitative estimate of drug-likeness (QED) is 0.762. The molecule has 0 N–H and O–H groups in total. The minimum Gasteiger partial charge on any atom is -0.447 e. The number of carbonyl (C=O) groups is 2. The molecule has 2 aromatic rings. The maximum absolute atomic E-state index is 12.1. The molecule has 3 heterocycles. The summed E-state index contributed by atoms with van der Waals surface area (Å²) in [4.78, 5) is 28.8. The lowest BCUT2D eigenvalue weighted by Gasteiger charge is -2.11. The van der Waals surface area contributed by atoms with Crippen LogP contribution >= 0.6 is 11.8 Å². The van der Waals surface area contributed by atoms with Crippen LogP contribution in [0.2, 0.25) is 0 Å². The highest BCUT2D eigenvalue weighted by atomic mass is 32.2. The van der Waals surface area contributed by atoms with E-state index in [1.54, 1.807) is 12.4 Å². The molecule has 2 aliphatic rings. The first kappa shape index (κ1) is 15.1. The average Bonchev–Trinajstić information content (AvgIpc) is 3.21. The molecule has 2 fully saturated rings. The summed E-state index contributed by atoms with van der Waals surface area (Å²) in [6, 6.07) is 4.16. The molecule has 1 aliphatic carbocycles. The van der Waals surface area contributed by atoms with E-state index in [0.29, 0.717) is 17.7 Å². The van der Waals surface area contributed by atoms with Gasteiger partial charge >= 0.3 is 6.09 Å². The number of nitrogens with zero attached hydrogens (tertiary/aromatic N) is 5. The van der Waals surface area contributed by atoms with Crippen molar-refractivity contribution in [2.45, 2.75) is 24.0 Å². The molecular formula is C15H15N5O3S. The maximum Gasteiger partial charge on any atom is 0.416 e. The number of aromatic nitrogens is 4. The molecule has 2 aromatic heterocycles. The SMILES string of the molecule is O=C(CSc1nnc(-c2cccnc2)n1C1CC1)N1CCOC1=O. The number of thioether (sulfide) groups is 1. The lowest BCUT2D eigenvalue weighted by Crippen LogP contribution is -2.33. The molecule has 4 rings (SSSR count).